The van der Waals surface area contributed by atoms with E-state index in [1.165, 1.54) is 46.2 Å². The Labute approximate surface area is 125 Å². The Hall–Kier alpha value is -2.15. The summed E-state index contributed by atoms with van der Waals surface area (Å²) in [5.41, 5.74) is 8.03. The van der Waals surface area contributed by atoms with Crippen LogP contribution in [0, 0.1) is 6.92 Å². The zero-order valence-corrected chi connectivity index (χ0v) is 12.4. The van der Waals surface area contributed by atoms with Crippen LogP contribution in [-0.2, 0) is 12.8 Å². The van der Waals surface area contributed by atoms with Gasteiger partial charge in [-0.3, -0.25) is 4.98 Å². The Bertz CT molecular complexity index is 803. The van der Waals surface area contributed by atoms with Crippen molar-refractivity contribution in [3.8, 4) is 11.1 Å². The summed E-state index contributed by atoms with van der Waals surface area (Å²) in [6.45, 7) is 2.20. The highest BCUT2D eigenvalue weighted by molar-refractivity contribution is 5.98. The Kier molecular flexibility index (Phi) is 2.99. The fourth-order valence-electron chi connectivity index (χ4n) is 3.57. The molecule has 21 heavy (non-hydrogen) atoms. The van der Waals surface area contributed by atoms with Crippen molar-refractivity contribution in [1.29, 1.82) is 0 Å². The first kappa shape index (κ1) is 12.6. The third kappa shape index (κ3) is 2.04. The number of aromatic nitrogens is 1. The quantitative estimate of drug-likeness (QED) is 0.602. The summed E-state index contributed by atoms with van der Waals surface area (Å²) in [5, 5.41) is 1.34. The number of hydrogen-bond acceptors (Lipinski definition) is 1. The number of fused-ring (bicyclic) bond motifs is 2. The van der Waals surface area contributed by atoms with E-state index >= 15 is 0 Å². The Morgan fingerprint density at radius 1 is 0.857 bits per heavy atom. The van der Waals surface area contributed by atoms with Crippen LogP contribution >= 0.6 is 0 Å². The van der Waals surface area contributed by atoms with E-state index in [1.807, 2.05) is 0 Å². The van der Waals surface area contributed by atoms with Crippen molar-refractivity contribution in [1.82, 2.24) is 4.98 Å². The molecule has 0 bridgehead atoms. The first-order valence-corrected chi connectivity index (χ1v) is 7.81. The van der Waals surface area contributed by atoms with Gasteiger partial charge in [-0.1, -0.05) is 42.5 Å². The number of aryl methyl sites for hydroxylation is 2. The largest absolute Gasteiger partial charge is 0.253 e. The smallest absolute Gasteiger partial charge is 0.0714 e. The number of nitrogens with zero attached hydrogens (tertiary/aromatic N) is 1. The molecular weight excluding hydrogens is 254 g/mol. The van der Waals surface area contributed by atoms with Crippen LogP contribution in [0.5, 0.6) is 0 Å². The summed E-state index contributed by atoms with van der Waals surface area (Å²) < 4.78 is 0. The SMILES string of the molecule is Cc1cccc2nc3c(c(-c4ccccc4)c12)CCCC3. The molecular formula is C20H19N. The molecule has 1 nitrogen and oxygen atoms in total. The van der Waals surface area contributed by atoms with Crippen molar-refractivity contribution >= 4 is 10.9 Å². The molecule has 1 heteroatoms. The number of benzene rings is 2. The Balaban J connectivity index is 2.15. The molecule has 0 spiro atoms. The predicted molar refractivity (Wildman–Crippen MR) is 88.6 cm³/mol. The highest BCUT2D eigenvalue weighted by Crippen LogP contribution is 2.37. The van der Waals surface area contributed by atoms with E-state index in [9.17, 15) is 0 Å². The fourth-order valence-corrected chi connectivity index (χ4v) is 3.57. The Morgan fingerprint density at radius 2 is 1.67 bits per heavy atom. The van der Waals surface area contributed by atoms with Crippen molar-refractivity contribution in [2.45, 2.75) is 32.6 Å². The van der Waals surface area contributed by atoms with Crippen molar-refractivity contribution < 1.29 is 0 Å². The third-order valence-electron chi connectivity index (χ3n) is 4.56. The molecule has 104 valence electrons. The molecule has 0 fully saturated rings. The number of hydrogen-bond donors (Lipinski definition) is 0. The molecule has 1 aromatic heterocycles. The van der Waals surface area contributed by atoms with E-state index in [0.29, 0.717) is 0 Å². The zero-order chi connectivity index (χ0) is 14.2. The minimum atomic E-state index is 1.12. The summed E-state index contributed by atoms with van der Waals surface area (Å²) >= 11 is 0. The maximum Gasteiger partial charge on any atom is 0.0714 e. The molecule has 0 N–H and O–H groups in total. The normalized spacial score (nSPS) is 14.1. The van der Waals surface area contributed by atoms with Gasteiger partial charge in [-0.2, -0.15) is 0 Å². The lowest BCUT2D eigenvalue weighted by molar-refractivity contribution is 0.672. The van der Waals surface area contributed by atoms with Gasteiger partial charge >= 0.3 is 0 Å². The minimum absolute atomic E-state index is 1.12. The van der Waals surface area contributed by atoms with Gasteiger partial charge in [0, 0.05) is 11.1 Å². The first-order valence-electron chi connectivity index (χ1n) is 7.81. The molecule has 1 aliphatic rings. The van der Waals surface area contributed by atoms with Gasteiger partial charge in [-0.15, -0.1) is 0 Å². The lowest BCUT2D eigenvalue weighted by Crippen LogP contribution is -2.08. The second kappa shape index (κ2) is 5.00. The minimum Gasteiger partial charge on any atom is -0.253 e. The second-order valence-corrected chi connectivity index (χ2v) is 5.95. The van der Waals surface area contributed by atoms with Crippen molar-refractivity contribution in [3.05, 3.63) is 65.4 Å². The van der Waals surface area contributed by atoms with E-state index < -0.39 is 0 Å². The third-order valence-corrected chi connectivity index (χ3v) is 4.56. The Morgan fingerprint density at radius 3 is 2.52 bits per heavy atom. The lowest BCUT2D eigenvalue weighted by Gasteiger charge is -2.22. The summed E-state index contributed by atoms with van der Waals surface area (Å²) in [7, 11) is 0. The lowest BCUT2D eigenvalue weighted by atomic mass is 9.86. The maximum absolute atomic E-state index is 4.96. The van der Waals surface area contributed by atoms with Crippen LogP contribution in [-0.4, -0.2) is 4.98 Å². The number of rotatable bonds is 1. The molecule has 2 aromatic carbocycles. The van der Waals surface area contributed by atoms with Gasteiger partial charge in [0.1, 0.15) is 0 Å². The fraction of sp³-hybridized carbons (Fsp3) is 0.250. The van der Waals surface area contributed by atoms with Crippen molar-refractivity contribution in [2.24, 2.45) is 0 Å². The molecule has 0 amide bonds. The van der Waals surface area contributed by atoms with Gasteiger partial charge in [0.05, 0.1) is 5.52 Å². The van der Waals surface area contributed by atoms with Crippen LogP contribution in [0.25, 0.3) is 22.0 Å². The zero-order valence-electron chi connectivity index (χ0n) is 12.4. The summed E-state index contributed by atoms with van der Waals surface area (Å²) in [6.07, 6.45) is 4.84. The molecule has 3 aromatic rings. The molecule has 0 aliphatic heterocycles. The number of pyridine rings is 1. The molecule has 0 radical (unpaired) electrons. The van der Waals surface area contributed by atoms with Gasteiger partial charge in [0.2, 0.25) is 0 Å². The van der Waals surface area contributed by atoms with Gasteiger partial charge in [-0.25, -0.2) is 0 Å². The van der Waals surface area contributed by atoms with Gasteiger partial charge in [0.15, 0.2) is 0 Å². The van der Waals surface area contributed by atoms with Gasteiger partial charge in [-0.05, 0) is 60.9 Å². The summed E-state index contributed by atoms with van der Waals surface area (Å²) in [6, 6.07) is 17.3. The van der Waals surface area contributed by atoms with Crippen LogP contribution in [0.4, 0.5) is 0 Å². The summed E-state index contributed by atoms with van der Waals surface area (Å²) in [4.78, 5) is 4.96. The van der Waals surface area contributed by atoms with Crippen LogP contribution < -0.4 is 0 Å². The molecule has 0 unspecified atom stereocenters. The average molecular weight is 273 g/mol. The van der Waals surface area contributed by atoms with Crippen LogP contribution in [0.15, 0.2) is 48.5 Å². The standard InChI is InChI=1S/C20H19N/c1-14-8-7-13-18-19(14)20(15-9-3-2-4-10-15)16-11-5-6-12-17(16)21-18/h2-4,7-10,13H,5-6,11-12H2,1H3. The van der Waals surface area contributed by atoms with Crippen LogP contribution in [0.3, 0.4) is 0 Å². The van der Waals surface area contributed by atoms with E-state index in [1.54, 1.807) is 0 Å². The average Bonchev–Trinajstić information content (AvgIpc) is 2.54. The highest BCUT2D eigenvalue weighted by atomic mass is 14.7. The van der Waals surface area contributed by atoms with Crippen LogP contribution in [0.1, 0.15) is 29.7 Å². The topological polar surface area (TPSA) is 12.9 Å². The summed E-state index contributed by atoms with van der Waals surface area (Å²) in [5.74, 6) is 0. The molecule has 0 saturated heterocycles. The first-order chi connectivity index (χ1) is 10.3. The van der Waals surface area contributed by atoms with Crippen molar-refractivity contribution in [2.75, 3.05) is 0 Å². The van der Waals surface area contributed by atoms with Crippen molar-refractivity contribution in [3.63, 3.8) is 0 Å². The van der Waals surface area contributed by atoms with Gasteiger partial charge < -0.3 is 0 Å². The van der Waals surface area contributed by atoms with E-state index in [2.05, 4.69) is 55.5 Å². The molecule has 4 rings (SSSR count). The van der Waals surface area contributed by atoms with Gasteiger partial charge in [0.25, 0.3) is 0 Å². The molecule has 1 heterocycles. The molecule has 0 saturated carbocycles. The second-order valence-electron chi connectivity index (χ2n) is 5.95. The monoisotopic (exact) mass is 273 g/mol. The maximum atomic E-state index is 4.96. The van der Waals surface area contributed by atoms with E-state index in [4.69, 9.17) is 4.98 Å². The molecule has 1 aliphatic carbocycles. The highest BCUT2D eigenvalue weighted by Gasteiger charge is 2.19. The predicted octanol–water partition coefficient (Wildman–Crippen LogP) is 5.09. The van der Waals surface area contributed by atoms with E-state index in [-0.39, 0.29) is 0 Å². The van der Waals surface area contributed by atoms with Crippen LogP contribution in [0.2, 0.25) is 0 Å². The van der Waals surface area contributed by atoms with E-state index in [0.717, 1.165) is 18.4 Å². The molecule has 0 atom stereocenters.